The standard InChI is InChI=1S/C21H25N3O3/c1-15-12-24-13-17(11-18(24)14-26-15)23-21(25)22-16-7-9-20(10-8-16)27-19-5-3-2-4-6-19/h2-10,15,17-18H,11-14H2,1H3,(H2,22,23,25)/t15-,17-,18+/m1/s1. The quantitative estimate of drug-likeness (QED) is 0.869. The predicted molar refractivity (Wildman–Crippen MR) is 104 cm³/mol. The monoisotopic (exact) mass is 367 g/mol. The van der Waals surface area contributed by atoms with Crippen molar-refractivity contribution in [1.82, 2.24) is 10.2 Å². The SMILES string of the molecule is C[C@@H]1CN2C[C@H](NC(=O)Nc3ccc(Oc4ccccc4)cc3)C[C@H]2CO1. The van der Waals surface area contributed by atoms with Crippen molar-refractivity contribution in [2.45, 2.75) is 31.5 Å². The number of nitrogens with one attached hydrogen (secondary N) is 2. The molecule has 2 amide bonds. The Morgan fingerprint density at radius 1 is 1.07 bits per heavy atom. The van der Waals surface area contributed by atoms with Gasteiger partial charge in [-0.05, 0) is 49.7 Å². The Labute approximate surface area is 159 Å². The number of urea groups is 1. The van der Waals surface area contributed by atoms with Gasteiger partial charge in [0.05, 0.1) is 12.7 Å². The third-order valence-corrected chi connectivity index (χ3v) is 5.02. The molecule has 2 aromatic carbocycles. The average Bonchev–Trinajstić information content (AvgIpc) is 3.05. The van der Waals surface area contributed by atoms with E-state index in [2.05, 4.69) is 22.5 Å². The number of ether oxygens (including phenoxy) is 2. The fourth-order valence-corrected chi connectivity index (χ4v) is 3.73. The second-order valence-corrected chi connectivity index (χ2v) is 7.22. The van der Waals surface area contributed by atoms with Crippen LogP contribution in [-0.2, 0) is 4.74 Å². The summed E-state index contributed by atoms with van der Waals surface area (Å²) in [7, 11) is 0. The van der Waals surface area contributed by atoms with Crippen LogP contribution in [0.4, 0.5) is 10.5 Å². The molecule has 0 radical (unpaired) electrons. The van der Waals surface area contributed by atoms with Crippen LogP contribution in [0, 0.1) is 0 Å². The third-order valence-electron chi connectivity index (χ3n) is 5.02. The zero-order chi connectivity index (χ0) is 18.6. The van der Waals surface area contributed by atoms with Gasteiger partial charge in [0.2, 0.25) is 0 Å². The largest absolute Gasteiger partial charge is 0.457 e. The number of fused-ring (bicyclic) bond motifs is 1. The lowest BCUT2D eigenvalue weighted by atomic mass is 10.1. The molecule has 3 atom stereocenters. The van der Waals surface area contributed by atoms with Crippen LogP contribution in [0.15, 0.2) is 54.6 Å². The Morgan fingerprint density at radius 2 is 1.81 bits per heavy atom. The molecular weight excluding hydrogens is 342 g/mol. The van der Waals surface area contributed by atoms with E-state index in [-0.39, 0.29) is 18.2 Å². The smallest absolute Gasteiger partial charge is 0.319 e. The first-order valence-electron chi connectivity index (χ1n) is 9.42. The summed E-state index contributed by atoms with van der Waals surface area (Å²) in [6, 6.07) is 17.4. The Kier molecular flexibility index (Phi) is 5.27. The van der Waals surface area contributed by atoms with Crippen molar-refractivity contribution < 1.29 is 14.3 Å². The summed E-state index contributed by atoms with van der Waals surface area (Å²) < 4.78 is 11.5. The summed E-state index contributed by atoms with van der Waals surface area (Å²) in [4.78, 5) is 14.7. The molecule has 0 saturated carbocycles. The fourth-order valence-electron chi connectivity index (χ4n) is 3.73. The molecule has 4 rings (SSSR count). The molecule has 6 heteroatoms. The van der Waals surface area contributed by atoms with E-state index >= 15 is 0 Å². The molecule has 0 aromatic heterocycles. The van der Waals surface area contributed by atoms with E-state index in [4.69, 9.17) is 9.47 Å². The lowest BCUT2D eigenvalue weighted by Crippen LogP contribution is -2.45. The van der Waals surface area contributed by atoms with E-state index in [9.17, 15) is 4.79 Å². The van der Waals surface area contributed by atoms with Gasteiger partial charge in [0.25, 0.3) is 0 Å². The maximum absolute atomic E-state index is 12.3. The van der Waals surface area contributed by atoms with Crippen molar-refractivity contribution in [1.29, 1.82) is 0 Å². The lowest BCUT2D eigenvalue weighted by molar-refractivity contribution is -0.0390. The number of carbonyl (C=O) groups is 1. The molecule has 2 saturated heterocycles. The highest BCUT2D eigenvalue weighted by atomic mass is 16.5. The van der Waals surface area contributed by atoms with Crippen LogP contribution in [0.5, 0.6) is 11.5 Å². The van der Waals surface area contributed by atoms with Gasteiger partial charge < -0.3 is 20.1 Å². The number of para-hydroxylation sites is 1. The number of morpholine rings is 1. The van der Waals surface area contributed by atoms with Crippen LogP contribution >= 0.6 is 0 Å². The molecular formula is C21H25N3O3. The van der Waals surface area contributed by atoms with Crippen molar-refractivity contribution in [2.24, 2.45) is 0 Å². The second-order valence-electron chi connectivity index (χ2n) is 7.22. The molecule has 0 spiro atoms. The van der Waals surface area contributed by atoms with Crippen LogP contribution in [0.1, 0.15) is 13.3 Å². The number of benzene rings is 2. The number of rotatable bonds is 4. The highest BCUT2D eigenvalue weighted by Crippen LogP contribution is 2.24. The predicted octanol–water partition coefficient (Wildman–Crippen LogP) is 3.46. The van der Waals surface area contributed by atoms with Crippen LogP contribution in [-0.4, -0.2) is 48.8 Å². The minimum Gasteiger partial charge on any atom is -0.457 e. The highest BCUT2D eigenvalue weighted by molar-refractivity contribution is 5.89. The van der Waals surface area contributed by atoms with Crippen molar-refractivity contribution >= 4 is 11.7 Å². The fraction of sp³-hybridized carbons (Fsp3) is 0.381. The number of hydrogen-bond donors (Lipinski definition) is 2. The number of hydrogen-bond acceptors (Lipinski definition) is 4. The van der Waals surface area contributed by atoms with Gasteiger partial charge in [-0.15, -0.1) is 0 Å². The summed E-state index contributed by atoms with van der Waals surface area (Å²) in [5.41, 5.74) is 0.737. The van der Waals surface area contributed by atoms with Crippen molar-refractivity contribution in [3.05, 3.63) is 54.6 Å². The molecule has 6 nitrogen and oxygen atoms in total. The van der Waals surface area contributed by atoms with Crippen molar-refractivity contribution in [2.75, 3.05) is 25.0 Å². The molecule has 2 aliphatic heterocycles. The van der Waals surface area contributed by atoms with Gasteiger partial charge in [-0.1, -0.05) is 18.2 Å². The van der Waals surface area contributed by atoms with Crippen molar-refractivity contribution in [3.8, 4) is 11.5 Å². The topological polar surface area (TPSA) is 62.8 Å². The third kappa shape index (κ3) is 4.59. The van der Waals surface area contributed by atoms with E-state index in [1.54, 1.807) is 0 Å². The Balaban J connectivity index is 1.27. The maximum atomic E-state index is 12.3. The second kappa shape index (κ2) is 7.98. The van der Waals surface area contributed by atoms with E-state index < -0.39 is 0 Å². The number of nitrogens with zero attached hydrogens (tertiary/aromatic N) is 1. The minimum atomic E-state index is -0.175. The first-order valence-corrected chi connectivity index (χ1v) is 9.42. The van der Waals surface area contributed by atoms with Crippen LogP contribution in [0.2, 0.25) is 0 Å². The maximum Gasteiger partial charge on any atom is 0.319 e. The summed E-state index contributed by atoms with van der Waals surface area (Å²) in [6.07, 6.45) is 1.20. The van der Waals surface area contributed by atoms with Gasteiger partial charge in [-0.3, -0.25) is 4.90 Å². The molecule has 2 N–H and O–H groups in total. The summed E-state index contributed by atoms with van der Waals surface area (Å²) in [5.74, 6) is 1.51. The molecule has 0 unspecified atom stereocenters. The molecule has 27 heavy (non-hydrogen) atoms. The first kappa shape index (κ1) is 17.8. The normalized spacial score (nSPS) is 24.9. The van der Waals surface area contributed by atoms with E-state index in [0.717, 1.165) is 43.3 Å². The van der Waals surface area contributed by atoms with Crippen LogP contribution in [0.25, 0.3) is 0 Å². The van der Waals surface area contributed by atoms with Gasteiger partial charge in [-0.25, -0.2) is 4.79 Å². The van der Waals surface area contributed by atoms with E-state index in [1.165, 1.54) is 0 Å². The summed E-state index contributed by atoms with van der Waals surface area (Å²) in [6.45, 7) is 4.67. The highest BCUT2D eigenvalue weighted by Gasteiger charge is 2.36. The van der Waals surface area contributed by atoms with E-state index in [1.807, 2.05) is 54.6 Å². The molecule has 2 aromatic rings. The zero-order valence-corrected chi connectivity index (χ0v) is 15.4. The van der Waals surface area contributed by atoms with Gasteiger partial charge in [-0.2, -0.15) is 0 Å². The number of anilines is 1. The molecule has 0 aliphatic carbocycles. The number of carbonyl (C=O) groups excluding carboxylic acids is 1. The molecule has 0 bridgehead atoms. The molecule has 142 valence electrons. The average molecular weight is 367 g/mol. The van der Waals surface area contributed by atoms with Gasteiger partial charge >= 0.3 is 6.03 Å². The van der Waals surface area contributed by atoms with Crippen LogP contribution < -0.4 is 15.4 Å². The minimum absolute atomic E-state index is 0.157. The molecule has 2 aliphatic rings. The zero-order valence-electron chi connectivity index (χ0n) is 15.4. The summed E-state index contributed by atoms with van der Waals surface area (Å²) in [5, 5.41) is 5.97. The van der Waals surface area contributed by atoms with Crippen molar-refractivity contribution in [3.63, 3.8) is 0 Å². The van der Waals surface area contributed by atoms with Gasteiger partial charge in [0.1, 0.15) is 11.5 Å². The Morgan fingerprint density at radius 3 is 2.59 bits per heavy atom. The Hall–Kier alpha value is -2.57. The van der Waals surface area contributed by atoms with Crippen LogP contribution in [0.3, 0.4) is 0 Å². The molecule has 2 heterocycles. The number of amides is 2. The first-order chi connectivity index (χ1) is 13.2. The summed E-state index contributed by atoms with van der Waals surface area (Å²) >= 11 is 0. The molecule has 2 fully saturated rings. The lowest BCUT2D eigenvalue weighted by Gasteiger charge is -2.33. The Bertz CT molecular complexity index is 766. The van der Waals surface area contributed by atoms with Gasteiger partial charge in [0, 0.05) is 30.9 Å². The van der Waals surface area contributed by atoms with Gasteiger partial charge in [0.15, 0.2) is 0 Å². The van der Waals surface area contributed by atoms with E-state index in [0.29, 0.717) is 6.04 Å².